The Hall–Kier alpha value is -3.03. The van der Waals surface area contributed by atoms with Crippen LogP contribution in [0.2, 0.25) is 0 Å². The lowest BCUT2D eigenvalue weighted by molar-refractivity contribution is -0.362. The van der Waals surface area contributed by atoms with E-state index in [1.165, 1.54) is 0 Å². The maximum atomic E-state index is 12.9. The van der Waals surface area contributed by atoms with Gasteiger partial charge >= 0.3 is 23.9 Å². The van der Waals surface area contributed by atoms with Gasteiger partial charge in [-0.15, -0.1) is 0 Å². The van der Waals surface area contributed by atoms with Gasteiger partial charge in [-0.1, -0.05) is 5.16 Å². The fraction of sp³-hybridized carbons (Fsp3) is 0.562. The summed E-state index contributed by atoms with van der Waals surface area (Å²) in [5, 5.41) is 4.30. The van der Waals surface area contributed by atoms with Gasteiger partial charge in [0.15, 0.2) is 23.4 Å². The predicted octanol–water partition coefficient (Wildman–Crippen LogP) is -0.878. The predicted molar refractivity (Wildman–Crippen MR) is 85.6 cm³/mol. The van der Waals surface area contributed by atoms with Crippen LogP contribution in [0, 0.1) is 0 Å². The van der Waals surface area contributed by atoms with Crippen molar-refractivity contribution in [1.29, 1.82) is 0 Å². The topological polar surface area (TPSA) is 153 Å². The number of methoxy groups -OCH3 is 4. The molecule has 2 aliphatic rings. The molecule has 0 bridgehead atoms. The van der Waals surface area contributed by atoms with Gasteiger partial charge in [0.2, 0.25) is 0 Å². The number of nitrogens with zero attached hydrogens (tertiary/aromatic N) is 2. The maximum Gasteiger partial charge on any atom is 0.360 e. The average molecular weight is 414 g/mol. The van der Waals surface area contributed by atoms with Gasteiger partial charge in [-0.25, -0.2) is 19.2 Å². The Morgan fingerprint density at radius 2 is 1.72 bits per heavy atom. The first-order valence-electron chi connectivity index (χ1n) is 8.26. The number of carbonyl (C=O) groups is 4. The highest BCUT2D eigenvalue weighted by Crippen LogP contribution is 2.52. The van der Waals surface area contributed by atoms with Crippen molar-refractivity contribution in [2.75, 3.05) is 28.4 Å². The molecule has 0 spiro atoms. The van der Waals surface area contributed by atoms with Gasteiger partial charge in [0.05, 0.1) is 34.4 Å². The molecule has 0 N–H and O–H groups in total. The second kappa shape index (κ2) is 7.77. The molecule has 0 saturated carbocycles. The first kappa shape index (κ1) is 20.7. The summed E-state index contributed by atoms with van der Waals surface area (Å²) in [6, 6.07) is 0. The fourth-order valence-electron chi connectivity index (χ4n) is 3.53. The number of ether oxygens (including phenoxy) is 4. The lowest BCUT2D eigenvalue weighted by atomic mass is 9.74. The van der Waals surface area contributed by atoms with E-state index in [2.05, 4.69) is 14.6 Å². The monoisotopic (exact) mass is 414 g/mol. The fourth-order valence-corrected chi connectivity index (χ4v) is 3.53. The van der Waals surface area contributed by atoms with Crippen LogP contribution in [-0.4, -0.2) is 80.4 Å². The lowest BCUT2D eigenvalue weighted by Gasteiger charge is -2.29. The third-order valence-electron chi connectivity index (χ3n) is 4.82. The summed E-state index contributed by atoms with van der Waals surface area (Å²) in [6.45, 7) is 0. The lowest BCUT2D eigenvalue weighted by Crippen LogP contribution is -2.51. The van der Waals surface area contributed by atoms with Crippen LogP contribution in [0.15, 0.2) is 10.8 Å². The normalized spacial score (nSPS) is 28.5. The van der Waals surface area contributed by atoms with E-state index in [-0.39, 0.29) is 17.7 Å². The van der Waals surface area contributed by atoms with Crippen molar-refractivity contribution in [3.63, 3.8) is 0 Å². The molecule has 4 atom stereocenters. The molecule has 158 valence electrons. The molecule has 0 aromatic carbocycles. The van der Waals surface area contributed by atoms with Gasteiger partial charge in [0, 0.05) is 12.0 Å². The van der Waals surface area contributed by atoms with E-state index in [0.717, 1.165) is 34.7 Å². The van der Waals surface area contributed by atoms with Crippen molar-refractivity contribution in [1.82, 2.24) is 10.4 Å². The summed E-state index contributed by atoms with van der Waals surface area (Å²) in [6.07, 6.45) is -1.92. The number of hydrogen-bond donors (Lipinski definition) is 0. The second-order valence-corrected chi connectivity index (χ2v) is 6.13. The first-order chi connectivity index (χ1) is 13.8. The summed E-state index contributed by atoms with van der Waals surface area (Å²) in [5.41, 5.74) is -2.13. The summed E-state index contributed by atoms with van der Waals surface area (Å²) >= 11 is 0. The highest BCUT2D eigenvalue weighted by atomic mass is 17.0. The van der Waals surface area contributed by atoms with E-state index in [9.17, 15) is 19.2 Å². The molecule has 0 amide bonds. The van der Waals surface area contributed by atoms with Crippen molar-refractivity contribution < 1.29 is 52.3 Å². The van der Waals surface area contributed by atoms with E-state index < -0.39 is 47.5 Å². The van der Waals surface area contributed by atoms with E-state index in [4.69, 9.17) is 23.7 Å². The van der Waals surface area contributed by atoms with Gasteiger partial charge < -0.3 is 23.5 Å². The van der Waals surface area contributed by atoms with E-state index in [1.807, 2.05) is 0 Å². The number of rotatable bonds is 5. The molecule has 13 heteroatoms. The Balaban J connectivity index is 2.17. The van der Waals surface area contributed by atoms with Gasteiger partial charge in [-0.2, -0.15) is 0 Å². The zero-order chi connectivity index (χ0) is 21.3. The molecule has 0 radical (unpaired) electrons. The Morgan fingerprint density at radius 3 is 2.31 bits per heavy atom. The molecule has 3 heterocycles. The Kier molecular flexibility index (Phi) is 5.55. The van der Waals surface area contributed by atoms with Gasteiger partial charge in [0.25, 0.3) is 0 Å². The van der Waals surface area contributed by atoms with Crippen molar-refractivity contribution in [3.05, 3.63) is 17.5 Å². The van der Waals surface area contributed by atoms with Gasteiger partial charge in [-0.05, 0) is 5.23 Å². The Bertz CT molecular complexity index is 837. The van der Waals surface area contributed by atoms with Crippen LogP contribution in [0.1, 0.15) is 28.4 Å². The molecule has 2 fully saturated rings. The largest absolute Gasteiger partial charge is 0.467 e. The van der Waals surface area contributed by atoms with E-state index in [1.54, 1.807) is 0 Å². The van der Waals surface area contributed by atoms with Crippen molar-refractivity contribution in [3.8, 4) is 0 Å². The minimum absolute atomic E-state index is 0.00858. The van der Waals surface area contributed by atoms with Gasteiger partial charge in [-0.3, -0.25) is 9.68 Å². The number of aromatic nitrogens is 1. The van der Waals surface area contributed by atoms with Crippen molar-refractivity contribution in [2.45, 2.75) is 30.1 Å². The van der Waals surface area contributed by atoms with E-state index in [0.29, 0.717) is 5.23 Å². The van der Waals surface area contributed by atoms with Crippen molar-refractivity contribution in [2.24, 2.45) is 0 Å². The summed E-state index contributed by atoms with van der Waals surface area (Å²) in [7, 11) is 4.49. The molecule has 1 aromatic rings. The molecular formula is C16H18N2O11. The number of hydroxylamine groups is 2. The number of hydrogen-bond acceptors (Lipinski definition) is 13. The summed E-state index contributed by atoms with van der Waals surface area (Å²) < 4.78 is 23.9. The van der Waals surface area contributed by atoms with Crippen molar-refractivity contribution >= 4 is 23.9 Å². The second-order valence-electron chi connectivity index (χ2n) is 6.13. The first-order valence-corrected chi connectivity index (χ1v) is 8.26. The standard InChI is InChI=1S/C16H18N2O11/c1-23-12(19)8-5-16(15(22)26-4)9(7-6-27-17-10(7)13(20)24-2)11(14(21)25-3)29-18(16)28-8/h6,8-9,11H,5H2,1-4H3/t8-,9+,11+,16+/m0/s1. The third-order valence-corrected chi connectivity index (χ3v) is 4.82. The van der Waals surface area contributed by atoms with Crippen LogP contribution in [0.4, 0.5) is 0 Å². The molecule has 0 aliphatic carbocycles. The molecular weight excluding hydrogens is 396 g/mol. The van der Waals surface area contributed by atoms with Crippen LogP contribution < -0.4 is 0 Å². The molecule has 2 saturated heterocycles. The molecule has 29 heavy (non-hydrogen) atoms. The van der Waals surface area contributed by atoms with Crippen LogP contribution in [0.25, 0.3) is 0 Å². The highest BCUT2D eigenvalue weighted by Gasteiger charge is 2.71. The Labute approximate surface area is 163 Å². The smallest absolute Gasteiger partial charge is 0.360 e. The van der Waals surface area contributed by atoms with Crippen LogP contribution in [0.5, 0.6) is 0 Å². The molecule has 13 nitrogen and oxygen atoms in total. The van der Waals surface area contributed by atoms with Crippen LogP contribution in [0.3, 0.4) is 0 Å². The SMILES string of the molecule is COC(=O)c1nocc1[C@@H]1[C@H](C(=O)OC)ON2O[C@H](C(=O)OC)C[C@]12C(=O)OC. The number of carbonyl (C=O) groups excluding carboxylic acids is 4. The van der Waals surface area contributed by atoms with Crippen LogP contribution in [-0.2, 0) is 43.0 Å². The minimum atomic E-state index is -1.85. The molecule has 3 rings (SSSR count). The number of fused-ring (bicyclic) bond motifs is 1. The molecule has 1 aromatic heterocycles. The quantitative estimate of drug-likeness (QED) is 0.433. The molecule has 2 aliphatic heterocycles. The van der Waals surface area contributed by atoms with Gasteiger partial charge in [0.1, 0.15) is 6.26 Å². The third kappa shape index (κ3) is 3.03. The number of esters is 4. The summed E-state index contributed by atoms with van der Waals surface area (Å²) in [4.78, 5) is 60.3. The molecule has 0 unspecified atom stereocenters. The summed E-state index contributed by atoms with van der Waals surface area (Å²) in [5.74, 6) is -4.67. The minimum Gasteiger partial charge on any atom is -0.467 e. The highest BCUT2D eigenvalue weighted by molar-refractivity contribution is 5.92. The van der Waals surface area contributed by atoms with Crippen LogP contribution >= 0.6 is 0 Å². The zero-order valence-corrected chi connectivity index (χ0v) is 15.9. The van der Waals surface area contributed by atoms with E-state index >= 15 is 0 Å². The zero-order valence-electron chi connectivity index (χ0n) is 15.9. The maximum absolute atomic E-state index is 12.9. The Morgan fingerprint density at radius 1 is 1.03 bits per heavy atom. The average Bonchev–Trinajstić information content (AvgIpc) is 3.43.